The molecule has 1 heterocycles. The van der Waals surface area contributed by atoms with Gasteiger partial charge in [-0.2, -0.15) is 0 Å². The molecule has 1 aliphatic heterocycles. The Balaban J connectivity index is 1.64. The number of rotatable bonds is 3. The van der Waals surface area contributed by atoms with Crippen LogP contribution in [0.4, 0.5) is 5.69 Å². The first-order valence-corrected chi connectivity index (χ1v) is 8.70. The van der Waals surface area contributed by atoms with Crippen molar-refractivity contribution in [3.63, 3.8) is 0 Å². The fourth-order valence-electron chi connectivity index (χ4n) is 3.35. The number of anilines is 1. The molecule has 1 aromatic carbocycles. The number of ether oxygens (including phenoxy) is 3. The number of hydrogen-bond donors (Lipinski definition) is 1. The minimum atomic E-state index is -0.672. The molecule has 0 aromatic heterocycles. The molecule has 1 aliphatic carbocycles. The van der Waals surface area contributed by atoms with Gasteiger partial charge in [-0.05, 0) is 50.5 Å². The van der Waals surface area contributed by atoms with Crippen LogP contribution in [0, 0.1) is 12.3 Å². The van der Waals surface area contributed by atoms with Crippen molar-refractivity contribution in [3.05, 3.63) is 23.8 Å². The third-order valence-electron chi connectivity index (χ3n) is 5.15. The van der Waals surface area contributed by atoms with Crippen LogP contribution < -0.4 is 10.1 Å². The van der Waals surface area contributed by atoms with Crippen molar-refractivity contribution in [2.24, 2.45) is 5.41 Å². The first-order chi connectivity index (χ1) is 11.5. The Morgan fingerprint density at radius 3 is 2.42 bits per heavy atom. The van der Waals surface area contributed by atoms with E-state index in [4.69, 9.17) is 14.2 Å². The third kappa shape index (κ3) is 3.42. The normalized spacial score (nSPS) is 22.1. The van der Waals surface area contributed by atoms with Crippen LogP contribution in [0.15, 0.2) is 18.2 Å². The second kappa shape index (κ2) is 6.73. The molecule has 1 N–H and O–H groups in total. The lowest BCUT2D eigenvalue weighted by molar-refractivity contribution is -0.306. The van der Waals surface area contributed by atoms with Crippen LogP contribution in [0.1, 0.15) is 44.6 Å². The van der Waals surface area contributed by atoms with E-state index in [1.54, 1.807) is 7.11 Å². The molecule has 1 saturated carbocycles. The van der Waals surface area contributed by atoms with Gasteiger partial charge in [0.05, 0.1) is 25.7 Å². The molecule has 1 spiro atoms. The van der Waals surface area contributed by atoms with E-state index in [2.05, 4.69) is 5.32 Å². The summed E-state index contributed by atoms with van der Waals surface area (Å²) < 4.78 is 17.3. The number of carbonyl (C=O) groups excluding carboxylic acids is 1. The highest BCUT2D eigenvalue weighted by Gasteiger charge is 2.46. The van der Waals surface area contributed by atoms with E-state index < -0.39 is 11.2 Å². The summed E-state index contributed by atoms with van der Waals surface area (Å²) in [6.07, 6.45) is 5.37. The highest BCUT2D eigenvalue weighted by molar-refractivity contribution is 5.96. The topological polar surface area (TPSA) is 56.8 Å². The molecule has 132 valence electrons. The van der Waals surface area contributed by atoms with E-state index in [1.807, 2.05) is 32.0 Å². The summed E-state index contributed by atoms with van der Waals surface area (Å²) in [6.45, 7) is 4.64. The number of benzene rings is 1. The van der Waals surface area contributed by atoms with Crippen LogP contribution >= 0.6 is 0 Å². The van der Waals surface area contributed by atoms with Crippen LogP contribution in [0.5, 0.6) is 5.75 Å². The zero-order chi connectivity index (χ0) is 17.2. The molecule has 3 rings (SSSR count). The van der Waals surface area contributed by atoms with E-state index >= 15 is 0 Å². The number of nitrogens with one attached hydrogen (secondary N) is 1. The first-order valence-electron chi connectivity index (χ1n) is 8.70. The van der Waals surface area contributed by atoms with E-state index in [1.165, 1.54) is 6.42 Å². The Kier molecular flexibility index (Phi) is 4.83. The van der Waals surface area contributed by atoms with Crippen LogP contribution in [-0.4, -0.2) is 32.0 Å². The highest BCUT2D eigenvalue weighted by Crippen LogP contribution is 2.39. The second-order valence-electron chi connectivity index (χ2n) is 7.24. The van der Waals surface area contributed by atoms with Crippen molar-refractivity contribution in [2.45, 2.75) is 51.7 Å². The highest BCUT2D eigenvalue weighted by atomic mass is 16.7. The van der Waals surface area contributed by atoms with Gasteiger partial charge in [0, 0.05) is 18.5 Å². The quantitative estimate of drug-likeness (QED) is 0.917. The summed E-state index contributed by atoms with van der Waals surface area (Å²) in [4.78, 5) is 12.8. The van der Waals surface area contributed by atoms with E-state index in [0.29, 0.717) is 13.2 Å². The van der Waals surface area contributed by atoms with Crippen LogP contribution in [0.25, 0.3) is 0 Å². The van der Waals surface area contributed by atoms with Gasteiger partial charge in [0.25, 0.3) is 0 Å². The van der Waals surface area contributed by atoms with E-state index in [9.17, 15) is 4.79 Å². The van der Waals surface area contributed by atoms with Gasteiger partial charge in [0.2, 0.25) is 5.91 Å². The summed E-state index contributed by atoms with van der Waals surface area (Å²) in [5, 5.41) is 3.01. The molecule has 0 bridgehead atoms. The first kappa shape index (κ1) is 17.2. The monoisotopic (exact) mass is 333 g/mol. The van der Waals surface area contributed by atoms with Gasteiger partial charge >= 0.3 is 0 Å². The minimum Gasteiger partial charge on any atom is -0.497 e. The fourth-order valence-corrected chi connectivity index (χ4v) is 3.35. The minimum absolute atomic E-state index is 0.0681. The van der Waals surface area contributed by atoms with Gasteiger partial charge in [0.15, 0.2) is 5.79 Å². The van der Waals surface area contributed by atoms with Crippen molar-refractivity contribution < 1.29 is 19.0 Å². The van der Waals surface area contributed by atoms with Gasteiger partial charge in [0.1, 0.15) is 5.75 Å². The molecule has 0 unspecified atom stereocenters. The predicted octanol–water partition coefficient (Wildman–Crippen LogP) is 3.66. The van der Waals surface area contributed by atoms with Crippen molar-refractivity contribution in [3.8, 4) is 5.75 Å². The van der Waals surface area contributed by atoms with Gasteiger partial charge in [-0.1, -0.05) is 6.42 Å². The number of carbonyl (C=O) groups is 1. The molecule has 24 heavy (non-hydrogen) atoms. The van der Waals surface area contributed by atoms with Gasteiger partial charge < -0.3 is 19.5 Å². The average molecular weight is 333 g/mol. The average Bonchev–Trinajstić information content (AvgIpc) is 2.60. The molecule has 2 aliphatic rings. The molecular formula is C19H27NO4. The maximum atomic E-state index is 12.8. The molecule has 5 heteroatoms. The molecule has 2 fully saturated rings. The second-order valence-corrected chi connectivity index (χ2v) is 7.24. The predicted molar refractivity (Wildman–Crippen MR) is 92.2 cm³/mol. The SMILES string of the molecule is COc1ccc(NC(=O)C2(C)COC3(CCCCC3)OC2)c(C)c1. The van der Waals surface area contributed by atoms with Gasteiger partial charge in [-0.3, -0.25) is 4.79 Å². The van der Waals surface area contributed by atoms with Gasteiger partial charge in [-0.25, -0.2) is 0 Å². The van der Waals surface area contributed by atoms with Gasteiger partial charge in [-0.15, -0.1) is 0 Å². The summed E-state index contributed by atoms with van der Waals surface area (Å²) in [6, 6.07) is 5.61. The molecule has 5 nitrogen and oxygen atoms in total. The summed E-state index contributed by atoms with van der Waals surface area (Å²) >= 11 is 0. The Bertz CT molecular complexity index is 597. The number of aryl methyl sites for hydroxylation is 1. The smallest absolute Gasteiger partial charge is 0.235 e. The lowest BCUT2D eigenvalue weighted by atomic mass is 9.87. The third-order valence-corrected chi connectivity index (χ3v) is 5.15. The van der Waals surface area contributed by atoms with Crippen LogP contribution in [-0.2, 0) is 14.3 Å². The van der Waals surface area contributed by atoms with Crippen molar-refractivity contribution >= 4 is 11.6 Å². The molecule has 1 aromatic rings. The van der Waals surface area contributed by atoms with Crippen molar-refractivity contribution in [1.82, 2.24) is 0 Å². The zero-order valence-corrected chi connectivity index (χ0v) is 14.8. The largest absolute Gasteiger partial charge is 0.497 e. The van der Waals surface area contributed by atoms with Crippen molar-refractivity contribution in [1.29, 1.82) is 0 Å². The number of methoxy groups -OCH3 is 1. The molecule has 1 saturated heterocycles. The Morgan fingerprint density at radius 2 is 1.83 bits per heavy atom. The molecule has 0 atom stereocenters. The fraction of sp³-hybridized carbons (Fsp3) is 0.632. The van der Waals surface area contributed by atoms with E-state index in [-0.39, 0.29) is 5.91 Å². The van der Waals surface area contributed by atoms with Crippen LogP contribution in [0.3, 0.4) is 0 Å². The zero-order valence-electron chi connectivity index (χ0n) is 14.8. The van der Waals surface area contributed by atoms with Crippen molar-refractivity contribution in [2.75, 3.05) is 25.6 Å². The Labute approximate surface area is 143 Å². The maximum Gasteiger partial charge on any atom is 0.235 e. The molecule has 1 amide bonds. The lowest BCUT2D eigenvalue weighted by Crippen LogP contribution is -2.53. The summed E-state index contributed by atoms with van der Waals surface area (Å²) in [7, 11) is 1.63. The lowest BCUT2D eigenvalue weighted by Gasteiger charge is -2.45. The van der Waals surface area contributed by atoms with Crippen LogP contribution in [0.2, 0.25) is 0 Å². The Morgan fingerprint density at radius 1 is 1.17 bits per heavy atom. The number of amides is 1. The molecular weight excluding hydrogens is 306 g/mol. The summed E-state index contributed by atoms with van der Waals surface area (Å²) in [5.41, 5.74) is 1.09. The summed E-state index contributed by atoms with van der Waals surface area (Å²) in [5.74, 6) is 0.260. The standard InChI is InChI=1S/C19H27NO4/c1-14-11-15(22-3)7-8-16(14)20-17(21)18(2)12-23-19(24-13-18)9-5-4-6-10-19/h7-8,11H,4-6,9-10,12-13H2,1-3H3,(H,20,21). The Hall–Kier alpha value is -1.59. The molecule has 0 radical (unpaired) electrons. The number of hydrogen-bond acceptors (Lipinski definition) is 4. The maximum absolute atomic E-state index is 12.8. The van der Waals surface area contributed by atoms with E-state index in [0.717, 1.165) is 42.7 Å².